The van der Waals surface area contributed by atoms with Crippen molar-refractivity contribution in [2.24, 2.45) is 0 Å². The third kappa shape index (κ3) is 5.52. The van der Waals surface area contributed by atoms with Crippen molar-refractivity contribution in [1.29, 1.82) is 0 Å². The Morgan fingerprint density at radius 1 is 0.875 bits per heavy atom. The Hall–Kier alpha value is -3.21. The van der Waals surface area contributed by atoms with Gasteiger partial charge in [0.1, 0.15) is 0 Å². The van der Waals surface area contributed by atoms with Gasteiger partial charge in [0.2, 0.25) is 5.13 Å². The van der Waals surface area contributed by atoms with Crippen molar-refractivity contribution in [2.75, 3.05) is 10.0 Å². The molecule has 0 aliphatic heterocycles. The molecule has 0 aliphatic carbocycles. The van der Waals surface area contributed by atoms with Crippen molar-refractivity contribution in [2.45, 2.75) is 15.0 Å². The second-order valence-corrected chi connectivity index (χ2v) is 10.4. The number of thioether (sulfide) groups is 1. The zero-order chi connectivity index (χ0) is 22.4. The number of nitrogens with one attached hydrogen (secondary N) is 2. The second-order valence-electron chi connectivity index (χ2n) is 6.57. The maximum absolute atomic E-state index is 12.8. The Kier molecular flexibility index (Phi) is 6.84. The van der Waals surface area contributed by atoms with Gasteiger partial charge in [-0.2, -0.15) is 0 Å². The van der Waals surface area contributed by atoms with Gasteiger partial charge in [0.25, 0.3) is 15.9 Å². The van der Waals surface area contributed by atoms with Crippen molar-refractivity contribution >= 4 is 49.8 Å². The summed E-state index contributed by atoms with van der Waals surface area (Å²) < 4.78 is 28.5. The summed E-state index contributed by atoms with van der Waals surface area (Å²) in [6.07, 6.45) is 0. The molecule has 0 bridgehead atoms. The van der Waals surface area contributed by atoms with Gasteiger partial charge in [0, 0.05) is 5.75 Å². The van der Waals surface area contributed by atoms with Crippen LogP contribution >= 0.6 is 23.1 Å². The molecular formula is C22H18N4O3S3. The lowest BCUT2D eigenvalue weighted by molar-refractivity contribution is 0.102. The number of hydrogen-bond donors (Lipinski definition) is 2. The summed E-state index contributed by atoms with van der Waals surface area (Å²) in [4.78, 5) is 12.9. The van der Waals surface area contributed by atoms with E-state index in [4.69, 9.17) is 0 Å². The van der Waals surface area contributed by atoms with Crippen molar-refractivity contribution in [3.63, 3.8) is 0 Å². The van der Waals surface area contributed by atoms with Crippen LogP contribution in [0, 0.1) is 0 Å². The van der Waals surface area contributed by atoms with Crippen LogP contribution in [0.25, 0.3) is 0 Å². The number of sulfonamides is 1. The summed E-state index contributed by atoms with van der Waals surface area (Å²) in [5.74, 6) is 0.264. The molecule has 1 aromatic heterocycles. The lowest BCUT2D eigenvalue weighted by atomic mass is 10.2. The van der Waals surface area contributed by atoms with Gasteiger partial charge >= 0.3 is 0 Å². The molecule has 1 heterocycles. The summed E-state index contributed by atoms with van der Waals surface area (Å²) in [6.45, 7) is 0. The van der Waals surface area contributed by atoms with Crippen LogP contribution in [-0.4, -0.2) is 24.5 Å². The van der Waals surface area contributed by atoms with Crippen LogP contribution < -0.4 is 10.0 Å². The number of para-hydroxylation sites is 1. The summed E-state index contributed by atoms with van der Waals surface area (Å²) in [5, 5.41) is 11.2. The Balaban J connectivity index is 1.45. The lowest BCUT2D eigenvalue weighted by Crippen LogP contribution is -2.18. The van der Waals surface area contributed by atoms with Gasteiger partial charge in [-0.3, -0.25) is 14.8 Å². The highest BCUT2D eigenvalue weighted by Gasteiger charge is 2.19. The van der Waals surface area contributed by atoms with Crippen LogP contribution in [0.3, 0.4) is 0 Å². The summed E-state index contributed by atoms with van der Waals surface area (Å²) in [6, 6.07) is 24.4. The third-order valence-electron chi connectivity index (χ3n) is 4.30. The molecule has 1 amide bonds. The SMILES string of the molecule is O=C(Nc1nnc(SCc2ccccc2)s1)c1ccccc1NS(=O)(=O)c1ccccc1. The Morgan fingerprint density at radius 3 is 2.28 bits per heavy atom. The van der Waals surface area contributed by atoms with Gasteiger partial charge in [0.05, 0.1) is 16.1 Å². The standard InChI is InChI=1S/C22H18N4O3S3/c27-20(23-21-24-25-22(31-21)30-15-16-9-3-1-4-10-16)18-13-7-8-14-19(18)26-32(28,29)17-11-5-2-6-12-17/h1-14,26H,15H2,(H,23,24,27). The summed E-state index contributed by atoms with van der Waals surface area (Å²) in [7, 11) is -3.83. The fourth-order valence-electron chi connectivity index (χ4n) is 2.78. The average molecular weight is 483 g/mol. The number of carbonyl (C=O) groups excluding carboxylic acids is 1. The number of anilines is 2. The van der Waals surface area contributed by atoms with Gasteiger partial charge in [-0.15, -0.1) is 10.2 Å². The first kappa shape index (κ1) is 22.0. The first-order valence-corrected chi connectivity index (χ1v) is 12.8. The maximum atomic E-state index is 12.8. The van der Waals surface area contributed by atoms with Crippen molar-refractivity contribution in [3.8, 4) is 0 Å². The molecule has 3 aromatic carbocycles. The molecule has 2 N–H and O–H groups in total. The second kappa shape index (κ2) is 9.94. The number of carbonyl (C=O) groups is 1. The minimum absolute atomic E-state index is 0.111. The predicted molar refractivity (Wildman–Crippen MR) is 128 cm³/mol. The molecule has 0 spiro atoms. The van der Waals surface area contributed by atoms with Crippen LogP contribution in [0.5, 0.6) is 0 Å². The average Bonchev–Trinajstić information content (AvgIpc) is 3.26. The molecule has 0 fully saturated rings. The maximum Gasteiger partial charge on any atom is 0.261 e. The molecule has 0 aliphatic rings. The highest BCUT2D eigenvalue weighted by atomic mass is 32.2. The van der Waals surface area contributed by atoms with Gasteiger partial charge in [-0.05, 0) is 29.8 Å². The fraction of sp³-hybridized carbons (Fsp3) is 0.0455. The van der Waals surface area contributed by atoms with E-state index in [-0.39, 0.29) is 16.1 Å². The van der Waals surface area contributed by atoms with Crippen LogP contribution in [-0.2, 0) is 15.8 Å². The zero-order valence-corrected chi connectivity index (χ0v) is 19.1. The molecule has 7 nitrogen and oxygen atoms in total. The number of hydrogen-bond acceptors (Lipinski definition) is 7. The van der Waals surface area contributed by atoms with Crippen molar-refractivity contribution in [3.05, 3.63) is 96.1 Å². The largest absolute Gasteiger partial charge is 0.296 e. The van der Waals surface area contributed by atoms with Crippen LogP contribution in [0.4, 0.5) is 10.8 Å². The monoisotopic (exact) mass is 482 g/mol. The normalized spacial score (nSPS) is 11.1. The molecule has 32 heavy (non-hydrogen) atoms. The highest BCUT2D eigenvalue weighted by Crippen LogP contribution is 2.29. The molecule has 0 atom stereocenters. The van der Waals surface area contributed by atoms with E-state index in [9.17, 15) is 13.2 Å². The minimum atomic E-state index is -3.83. The molecule has 0 unspecified atom stereocenters. The minimum Gasteiger partial charge on any atom is -0.296 e. The van der Waals surface area contributed by atoms with E-state index in [0.29, 0.717) is 5.13 Å². The molecular weight excluding hydrogens is 464 g/mol. The molecule has 0 saturated carbocycles. The topological polar surface area (TPSA) is 101 Å². The molecule has 0 saturated heterocycles. The van der Waals surface area contributed by atoms with E-state index >= 15 is 0 Å². The van der Waals surface area contributed by atoms with E-state index in [2.05, 4.69) is 20.2 Å². The number of benzene rings is 3. The number of amides is 1. The molecule has 162 valence electrons. The van der Waals surface area contributed by atoms with E-state index in [0.717, 1.165) is 15.7 Å². The predicted octanol–water partition coefficient (Wildman–Crippen LogP) is 4.88. The van der Waals surface area contributed by atoms with Crippen molar-refractivity contribution < 1.29 is 13.2 Å². The van der Waals surface area contributed by atoms with E-state index in [1.807, 2.05) is 30.3 Å². The first-order chi connectivity index (χ1) is 15.5. The number of aromatic nitrogens is 2. The highest BCUT2D eigenvalue weighted by molar-refractivity contribution is 8.00. The van der Waals surface area contributed by atoms with Gasteiger partial charge in [-0.1, -0.05) is 83.8 Å². The Labute approximate surface area is 194 Å². The Bertz CT molecular complexity index is 1310. The molecule has 10 heteroatoms. The molecule has 4 aromatic rings. The van der Waals surface area contributed by atoms with Gasteiger partial charge < -0.3 is 0 Å². The quantitative estimate of drug-likeness (QED) is 0.274. The summed E-state index contributed by atoms with van der Waals surface area (Å²) in [5.41, 5.74) is 1.52. The number of nitrogens with zero attached hydrogens (tertiary/aromatic N) is 2. The van der Waals surface area contributed by atoms with Crippen LogP contribution in [0.15, 0.2) is 94.2 Å². The lowest BCUT2D eigenvalue weighted by Gasteiger charge is -2.12. The van der Waals surface area contributed by atoms with Crippen LogP contribution in [0.1, 0.15) is 15.9 Å². The molecule has 0 radical (unpaired) electrons. The van der Waals surface area contributed by atoms with Crippen molar-refractivity contribution in [1.82, 2.24) is 10.2 Å². The summed E-state index contributed by atoms with van der Waals surface area (Å²) >= 11 is 2.79. The van der Waals surface area contributed by atoms with E-state index in [1.54, 1.807) is 36.4 Å². The fourth-order valence-corrected chi connectivity index (χ4v) is 5.58. The van der Waals surface area contributed by atoms with Gasteiger partial charge in [0.15, 0.2) is 4.34 Å². The number of rotatable bonds is 8. The third-order valence-corrected chi connectivity index (χ3v) is 7.73. The van der Waals surface area contributed by atoms with Gasteiger partial charge in [-0.25, -0.2) is 8.42 Å². The van der Waals surface area contributed by atoms with E-state index < -0.39 is 15.9 Å². The smallest absolute Gasteiger partial charge is 0.261 e. The zero-order valence-electron chi connectivity index (χ0n) is 16.6. The Morgan fingerprint density at radius 2 is 1.53 bits per heavy atom. The van der Waals surface area contributed by atoms with Crippen LogP contribution in [0.2, 0.25) is 0 Å². The molecule has 4 rings (SSSR count). The first-order valence-electron chi connectivity index (χ1n) is 9.50. The van der Waals surface area contributed by atoms with E-state index in [1.165, 1.54) is 41.3 Å².